The molecule has 0 saturated heterocycles. The summed E-state index contributed by atoms with van der Waals surface area (Å²) in [6, 6.07) is 9.61. The van der Waals surface area contributed by atoms with Crippen LogP contribution in [0.2, 0.25) is 0 Å². The number of para-hydroxylation sites is 1. The Balaban J connectivity index is 2.61. The molecule has 1 aromatic carbocycles. The second-order valence-electron chi connectivity index (χ2n) is 4.67. The highest BCUT2D eigenvalue weighted by Gasteiger charge is 2.17. The van der Waals surface area contributed by atoms with Crippen molar-refractivity contribution in [2.75, 3.05) is 38.2 Å². The van der Waals surface area contributed by atoms with Gasteiger partial charge in [0.2, 0.25) is 5.91 Å². The highest BCUT2D eigenvalue weighted by Crippen LogP contribution is 2.13. The maximum absolute atomic E-state index is 12.4. The molecule has 0 heterocycles. The van der Waals surface area contributed by atoms with Crippen LogP contribution in [-0.2, 0) is 14.3 Å². The van der Waals surface area contributed by atoms with Crippen LogP contribution in [0.15, 0.2) is 30.3 Å². The first-order chi connectivity index (χ1) is 10.1. The molecule has 0 unspecified atom stereocenters. The minimum atomic E-state index is -0.253. The molecule has 1 amide bonds. The minimum Gasteiger partial charge on any atom is -0.469 e. The third kappa shape index (κ3) is 5.55. The Morgan fingerprint density at radius 1 is 1.10 bits per heavy atom. The topological polar surface area (TPSA) is 49.9 Å². The Kier molecular flexibility index (Phi) is 7.46. The van der Waals surface area contributed by atoms with Gasteiger partial charge >= 0.3 is 5.97 Å². The van der Waals surface area contributed by atoms with Crippen molar-refractivity contribution in [1.29, 1.82) is 0 Å². The van der Waals surface area contributed by atoms with Gasteiger partial charge in [-0.2, -0.15) is 0 Å². The van der Waals surface area contributed by atoms with Gasteiger partial charge in [0.15, 0.2) is 0 Å². The Labute approximate surface area is 126 Å². The third-order valence-electron chi connectivity index (χ3n) is 3.35. The number of nitrogens with zero attached hydrogens (tertiary/aromatic N) is 2. The summed E-state index contributed by atoms with van der Waals surface area (Å²) in [5, 5.41) is 0. The zero-order chi connectivity index (χ0) is 15.7. The molecule has 116 valence electrons. The van der Waals surface area contributed by atoms with Gasteiger partial charge in [-0.15, -0.1) is 0 Å². The van der Waals surface area contributed by atoms with Crippen LogP contribution < -0.4 is 4.90 Å². The summed E-state index contributed by atoms with van der Waals surface area (Å²) in [6.07, 6.45) is 0.301. The predicted molar refractivity (Wildman–Crippen MR) is 83.2 cm³/mol. The van der Waals surface area contributed by atoms with Gasteiger partial charge < -0.3 is 9.64 Å². The van der Waals surface area contributed by atoms with E-state index in [0.717, 1.165) is 12.2 Å². The Morgan fingerprint density at radius 3 is 2.29 bits per heavy atom. The van der Waals surface area contributed by atoms with Crippen LogP contribution in [-0.4, -0.2) is 50.1 Å². The molecule has 0 spiro atoms. The fourth-order valence-electron chi connectivity index (χ4n) is 2.09. The summed E-state index contributed by atoms with van der Waals surface area (Å²) in [7, 11) is 1.37. The van der Waals surface area contributed by atoms with Gasteiger partial charge in [-0.3, -0.25) is 14.5 Å². The number of benzene rings is 1. The number of amides is 1. The number of likely N-dealkylation sites (N-methyl/N-ethyl adjacent to an activating group) is 2. The molecule has 5 nitrogen and oxygen atoms in total. The molecule has 0 radical (unpaired) electrons. The van der Waals surface area contributed by atoms with E-state index in [2.05, 4.69) is 4.74 Å². The zero-order valence-corrected chi connectivity index (χ0v) is 13.0. The van der Waals surface area contributed by atoms with Gasteiger partial charge in [0.25, 0.3) is 0 Å². The van der Waals surface area contributed by atoms with Crippen LogP contribution in [0.25, 0.3) is 0 Å². The summed E-state index contributed by atoms with van der Waals surface area (Å²) in [6.45, 7) is 6.10. The largest absolute Gasteiger partial charge is 0.469 e. The molecular weight excluding hydrogens is 268 g/mol. The minimum absolute atomic E-state index is 0.0374. The number of esters is 1. The quantitative estimate of drug-likeness (QED) is 0.687. The molecule has 0 N–H and O–H groups in total. The van der Waals surface area contributed by atoms with E-state index in [9.17, 15) is 9.59 Å². The molecule has 5 heteroatoms. The number of anilines is 1. The maximum atomic E-state index is 12.4. The van der Waals surface area contributed by atoms with E-state index >= 15 is 0 Å². The number of carbonyl (C=O) groups is 2. The molecule has 0 saturated carbocycles. The first-order valence-corrected chi connectivity index (χ1v) is 7.26. The number of carbonyl (C=O) groups excluding carboxylic acids is 2. The molecular formula is C16H24N2O3. The SMILES string of the molecule is CCN(CCC(=O)OC)CC(=O)N(CC)c1ccccc1. The lowest BCUT2D eigenvalue weighted by Gasteiger charge is -2.25. The Bertz CT molecular complexity index is 448. The molecule has 0 aliphatic heterocycles. The van der Waals surface area contributed by atoms with E-state index in [1.165, 1.54) is 7.11 Å². The monoisotopic (exact) mass is 292 g/mol. The molecule has 21 heavy (non-hydrogen) atoms. The van der Waals surface area contributed by atoms with Crippen LogP contribution in [0, 0.1) is 0 Å². The summed E-state index contributed by atoms with van der Waals surface area (Å²) in [5.74, 6) is -0.216. The van der Waals surface area contributed by atoms with Crippen LogP contribution >= 0.6 is 0 Å². The van der Waals surface area contributed by atoms with Gasteiger partial charge in [-0.05, 0) is 25.6 Å². The standard InChI is InChI=1S/C16H24N2O3/c1-4-17(12-11-16(20)21-3)13-15(19)18(5-2)14-9-7-6-8-10-14/h6-10H,4-5,11-13H2,1-3H3. The van der Waals surface area contributed by atoms with Gasteiger partial charge in [-0.25, -0.2) is 0 Å². The van der Waals surface area contributed by atoms with Crippen molar-refractivity contribution >= 4 is 17.6 Å². The molecule has 0 bridgehead atoms. The number of hydrogen-bond donors (Lipinski definition) is 0. The van der Waals surface area contributed by atoms with Crippen molar-refractivity contribution in [1.82, 2.24) is 4.90 Å². The van der Waals surface area contributed by atoms with Crippen molar-refractivity contribution in [2.45, 2.75) is 20.3 Å². The lowest BCUT2D eigenvalue weighted by molar-refractivity contribution is -0.141. The van der Waals surface area contributed by atoms with Gasteiger partial charge in [0.1, 0.15) is 0 Å². The van der Waals surface area contributed by atoms with E-state index in [0.29, 0.717) is 26.1 Å². The number of hydrogen-bond acceptors (Lipinski definition) is 4. The van der Waals surface area contributed by atoms with Crippen molar-refractivity contribution in [3.8, 4) is 0 Å². The lowest BCUT2D eigenvalue weighted by Crippen LogP contribution is -2.41. The second kappa shape index (κ2) is 9.13. The van der Waals surface area contributed by atoms with Gasteiger partial charge in [0.05, 0.1) is 20.1 Å². The molecule has 0 aromatic heterocycles. The molecule has 0 aliphatic carbocycles. The highest BCUT2D eigenvalue weighted by molar-refractivity contribution is 5.94. The molecule has 0 aliphatic rings. The second-order valence-corrected chi connectivity index (χ2v) is 4.67. The zero-order valence-electron chi connectivity index (χ0n) is 13.0. The summed E-state index contributed by atoms with van der Waals surface area (Å²) >= 11 is 0. The van der Waals surface area contributed by atoms with E-state index in [-0.39, 0.29) is 11.9 Å². The lowest BCUT2D eigenvalue weighted by atomic mass is 10.2. The smallest absolute Gasteiger partial charge is 0.306 e. The highest BCUT2D eigenvalue weighted by atomic mass is 16.5. The average Bonchev–Trinajstić information content (AvgIpc) is 2.52. The van der Waals surface area contributed by atoms with E-state index in [1.807, 2.05) is 49.1 Å². The normalized spacial score (nSPS) is 10.5. The Hall–Kier alpha value is -1.88. The van der Waals surface area contributed by atoms with E-state index in [1.54, 1.807) is 4.90 Å². The summed E-state index contributed by atoms with van der Waals surface area (Å²) in [5.41, 5.74) is 0.897. The molecule has 0 fully saturated rings. The third-order valence-corrected chi connectivity index (χ3v) is 3.35. The summed E-state index contributed by atoms with van der Waals surface area (Å²) < 4.78 is 4.63. The average molecular weight is 292 g/mol. The Morgan fingerprint density at radius 2 is 1.76 bits per heavy atom. The van der Waals surface area contributed by atoms with Gasteiger partial charge in [-0.1, -0.05) is 25.1 Å². The van der Waals surface area contributed by atoms with Crippen molar-refractivity contribution in [3.05, 3.63) is 30.3 Å². The number of ether oxygens (including phenoxy) is 1. The van der Waals surface area contributed by atoms with E-state index in [4.69, 9.17) is 0 Å². The van der Waals surface area contributed by atoms with E-state index < -0.39 is 0 Å². The maximum Gasteiger partial charge on any atom is 0.306 e. The van der Waals surface area contributed by atoms with Crippen molar-refractivity contribution in [2.24, 2.45) is 0 Å². The van der Waals surface area contributed by atoms with Crippen LogP contribution in [0.4, 0.5) is 5.69 Å². The van der Waals surface area contributed by atoms with Crippen molar-refractivity contribution < 1.29 is 14.3 Å². The predicted octanol–water partition coefficient (Wildman–Crippen LogP) is 1.92. The first kappa shape index (κ1) is 17.2. The van der Waals surface area contributed by atoms with Gasteiger partial charge in [0, 0.05) is 18.8 Å². The fraction of sp³-hybridized carbons (Fsp3) is 0.500. The fourth-order valence-corrected chi connectivity index (χ4v) is 2.09. The van der Waals surface area contributed by atoms with Crippen LogP contribution in [0.1, 0.15) is 20.3 Å². The molecule has 1 rings (SSSR count). The summed E-state index contributed by atoms with van der Waals surface area (Å²) in [4.78, 5) is 27.3. The number of methoxy groups -OCH3 is 1. The molecule has 1 aromatic rings. The van der Waals surface area contributed by atoms with Crippen molar-refractivity contribution in [3.63, 3.8) is 0 Å². The molecule has 0 atom stereocenters. The first-order valence-electron chi connectivity index (χ1n) is 7.26. The van der Waals surface area contributed by atoms with Crippen LogP contribution in [0.5, 0.6) is 0 Å². The van der Waals surface area contributed by atoms with Crippen LogP contribution in [0.3, 0.4) is 0 Å². The number of rotatable bonds is 8.